The molecule has 2 aromatic carbocycles. The summed E-state index contributed by atoms with van der Waals surface area (Å²) in [4.78, 5) is 25.1. The number of anilines is 1. The molecule has 0 unspecified atom stereocenters. The van der Waals surface area contributed by atoms with Gasteiger partial charge in [0.15, 0.2) is 0 Å². The van der Waals surface area contributed by atoms with Crippen molar-refractivity contribution >= 4 is 29.3 Å². The normalized spacial score (nSPS) is 10.3. The number of aryl methyl sites for hydroxylation is 2. The van der Waals surface area contributed by atoms with Crippen LogP contribution in [0.1, 0.15) is 27.0 Å². The summed E-state index contributed by atoms with van der Waals surface area (Å²) in [6.07, 6.45) is 0. The topological polar surface area (TPSA) is 55.4 Å². The lowest BCUT2D eigenvalue weighted by Gasteiger charge is -2.12. The summed E-state index contributed by atoms with van der Waals surface area (Å²) in [5, 5.41) is 2.87. The molecule has 0 heterocycles. The Morgan fingerprint density at radius 2 is 1.88 bits per heavy atom. The Kier molecular flexibility index (Phi) is 6.04. The van der Waals surface area contributed by atoms with E-state index in [9.17, 15) is 9.59 Å². The lowest BCUT2D eigenvalue weighted by atomic mass is 10.1. The van der Waals surface area contributed by atoms with Crippen molar-refractivity contribution in [3.05, 3.63) is 58.7 Å². The molecule has 0 aliphatic rings. The van der Waals surface area contributed by atoms with Crippen LogP contribution < -0.4 is 5.32 Å². The zero-order valence-electron chi connectivity index (χ0n) is 14.3. The average Bonchev–Trinajstić information content (AvgIpc) is 2.57. The molecular weight excluding hydrogens is 322 g/mol. The third-order valence-corrected chi connectivity index (χ3v) is 4.87. The van der Waals surface area contributed by atoms with Gasteiger partial charge in [0.25, 0.3) is 0 Å². The van der Waals surface area contributed by atoms with Gasteiger partial charge in [-0.25, -0.2) is 4.79 Å². The van der Waals surface area contributed by atoms with E-state index in [1.165, 1.54) is 24.4 Å². The molecule has 0 aliphatic heterocycles. The standard InChI is InChI=1S/C19H21NO3S/c1-12-8-9-13(2)17(10-12)24-11-18(21)20-16-7-5-6-15(14(16)3)19(22)23-4/h5-10H,11H2,1-4H3,(H,20,21). The van der Waals surface area contributed by atoms with Gasteiger partial charge in [0.05, 0.1) is 18.4 Å². The fourth-order valence-electron chi connectivity index (χ4n) is 2.29. The first kappa shape index (κ1) is 18.1. The van der Waals surface area contributed by atoms with Crippen LogP contribution >= 0.6 is 11.8 Å². The molecule has 126 valence electrons. The van der Waals surface area contributed by atoms with Crippen molar-refractivity contribution in [3.63, 3.8) is 0 Å². The van der Waals surface area contributed by atoms with Crippen LogP contribution in [-0.2, 0) is 9.53 Å². The maximum atomic E-state index is 12.2. The van der Waals surface area contributed by atoms with E-state index in [2.05, 4.69) is 23.5 Å². The first-order valence-electron chi connectivity index (χ1n) is 7.60. The van der Waals surface area contributed by atoms with Gasteiger partial charge < -0.3 is 10.1 Å². The zero-order valence-corrected chi connectivity index (χ0v) is 15.1. The number of hydrogen-bond acceptors (Lipinski definition) is 4. The summed E-state index contributed by atoms with van der Waals surface area (Å²) in [7, 11) is 1.34. The Labute approximate surface area is 146 Å². The van der Waals surface area contributed by atoms with Gasteiger partial charge in [-0.15, -0.1) is 11.8 Å². The van der Waals surface area contributed by atoms with Gasteiger partial charge in [0, 0.05) is 10.6 Å². The Bertz CT molecular complexity index is 771. The molecular formula is C19H21NO3S. The predicted molar refractivity (Wildman–Crippen MR) is 97.8 cm³/mol. The molecule has 0 saturated heterocycles. The van der Waals surface area contributed by atoms with E-state index >= 15 is 0 Å². The number of hydrogen-bond donors (Lipinski definition) is 1. The highest BCUT2D eigenvalue weighted by atomic mass is 32.2. The predicted octanol–water partition coefficient (Wildman–Crippen LogP) is 4.13. The molecule has 1 N–H and O–H groups in total. The monoisotopic (exact) mass is 343 g/mol. The van der Waals surface area contributed by atoms with Crippen molar-refractivity contribution in [1.29, 1.82) is 0 Å². The Balaban J connectivity index is 2.05. The molecule has 5 heteroatoms. The largest absolute Gasteiger partial charge is 0.465 e. The molecule has 0 saturated carbocycles. The van der Waals surface area contributed by atoms with E-state index < -0.39 is 5.97 Å². The lowest BCUT2D eigenvalue weighted by molar-refractivity contribution is -0.113. The maximum absolute atomic E-state index is 12.2. The van der Waals surface area contributed by atoms with Crippen LogP contribution in [0.3, 0.4) is 0 Å². The number of benzene rings is 2. The minimum Gasteiger partial charge on any atom is -0.465 e. The molecule has 4 nitrogen and oxygen atoms in total. The highest BCUT2D eigenvalue weighted by molar-refractivity contribution is 8.00. The fourth-order valence-corrected chi connectivity index (χ4v) is 3.22. The van der Waals surface area contributed by atoms with Crippen molar-refractivity contribution < 1.29 is 14.3 Å². The van der Waals surface area contributed by atoms with Crippen molar-refractivity contribution in [2.24, 2.45) is 0 Å². The minimum atomic E-state index is -0.409. The van der Waals surface area contributed by atoms with Crippen LogP contribution in [0, 0.1) is 20.8 Å². The van der Waals surface area contributed by atoms with Gasteiger partial charge in [-0.2, -0.15) is 0 Å². The molecule has 0 spiro atoms. The zero-order chi connectivity index (χ0) is 17.7. The summed E-state index contributed by atoms with van der Waals surface area (Å²) in [6.45, 7) is 5.86. The van der Waals surface area contributed by atoms with Crippen LogP contribution in [0.5, 0.6) is 0 Å². The number of ether oxygens (including phenoxy) is 1. The Morgan fingerprint density at radius 1 is 1.12 bits per heavy atom. The van der Waals surface area contributed by atoms with Gasteiger partial charge in [-0.1, -0.05) is 23.8 Å². The second kappa shape index (κ2) is 8.02. The van der Waals surface area contributed by atoms with Crippen molar-refractivity contribution in [3.8, 4) is 0 Å². The SMILES string of the molecule is COC(=O)c1cccc(NC(=O)CSc2cc(C)ccc2C)c1C. The third kappa shape index (κ3) is 4.38. The molecule has 24 heavy (non-hydrogen) atoms. The smallest absolute Gasteiger partial charge is 0.338 e. The first-order chi connectivity index (χ1) is 11.4. The Hall–Kier alpha value is -2.27. The number of nitrogens with one attached hydrogen (secondary N) is 1. The highest BCUT2D eigenvalue weighted by Gasteiger charge is 2.13. The molecule has 0 aromatic heterocycles. The fraction of sp³-hybridized carbons (Fsp3) is 0.263. The molecule has 0 aliphatic carbocycles. The van der Waals surface area contributed by atoms with E-state index in [0.29, 0.717) is 22.6 Å². The minimum absolute atomic E-state index is 0.106. The quantitative estimate of drug-likeness (QED) is 0.655. The summed E-state index contributed by atoms with van der Waals surface area (Å²) in [6, 6.07) is 11.4. The molecule has 0 atom stereocenters. The van der Waals surface area contributed by atoms with Gasteiger partial charge >= 0.3 is 5.97 Å². The van der Waals surface area contributed by atoms with Gasteiger partial charge in [0.1, 0.15) is 0 Å². The van der Waals surface area contributed by atoms with Crippen LogP contribution in [0.2, 0.25) is 0 Å². The number of methoxy groups -OCH3 is 1. The van der Waals surface area contributed by atoms with Gasteiger partial charge in [-0.3, -0.25) is 4.79 Å². The average molecular weight is 343 g/mol. The van der Waals surface area contributed by atoms with E-state index in [0.717, 1.165) is 10.5 Å². The summed E-state index contributed by atoms with van der Waals surface area (Å²) in [5.41, 5.74) is 4.11. The maximum Gasteiger partial charge on any atom is 0.338 e. The molecule has 0 bridgehead atoms. The number of rotatable bonds is 5. The van der Waals surface area contributed by atoms with Crippen LogP contribution in [0.25, 0.3) is 0 Å². The molecule has 0 fully saturated rings. The molecule has 2 rings (SSSR count). The summed E-state index contributed by atoms with van der Waals surface area (Å²) < 4.78 is 4.75. The molecule has 2 aromatic rings. The van der Waals surface area contributed by atoms with E-state index in [1.807, 2.05) is 13.8 Å². The van der Waals surface area contributed by atoms with Crippen LogP contribution in [-0.4, -0.2) is 24.7 Å². The van der Waals surface area contributed by atoms with Gasteiger partial charge in [-0.05, 0) is 50.1 Å². The summed E-state index contributed by atoms with van der Waals surface area (Å²) in [5.74, 6) is -0.203. The van der Waals surface area contributed by atoms with Crippen LogP contribution in [0.4, 0.5) is 5.69 Å². The van der Waals surface area contributed by atoms with Crippen molar-refractivity contribution in [2.45, 2.75) is 25.7 Å². The number of esters is 1. The number of carbonyl (C=O) groups excluding carboxylic acids is 2. The van der Waals surface area contributed by atoms with E-state index in [-0.39, 0.29) is 5.91 Å². The third-order valence-electron chi connectivity index (χ3n) is 3.72. The highest BCUT2D eigenvalue weighted by Crippen LogP contribution is 2.24. The first-order valence-corrected chi connectivity index (χ1v) is 8.58. The van der Waals surface area contributed by atoms with E-state index in [4.69, 9.17) is 4.74 Å². The van der Waals surface area contributed by atoms with E-state index in [1.54, 1.807) is 25.1 Å². The lowest BCUT2D eigenvalue weighted by Crippen LogP contribution is -2.16. The number of thioether (sulfide) groups is 1. The van der Waals surface area contributed by atoms with Gasteiger partial charge in [0.2, 0.25) is 5.91 Å². The second-order valence-corrected chi connectivity index (χ2v) is 6.59. The summed E-state index contributed by atoms with van der Waals surface area (Å²) >= 11 is 1.51. The van der Waals surface area contributed by atoms with Crippen molar-refractivity contribution in [2.75, 3.05) is 18.2 Å². The number of carbonyl (C=O) groups is 2. The molecule has 1 amide bonds. The molecule has 0 radical (unpaired) electrons. The Morgan fingerprint density at radius 3 is 2.58 bits per heavy atom. The van der Waals surface area contributed by atoms with Crippen LogP contribution in [0.15, 0.2) is 41.3 Å². The number of amides is 1. The second-order valence-electron chi connectivity index (χ2n) is 5.58. The van der Waals surface area contributed by atoms with Crippen molar-refractivity contribution in [1.82, 2.24) is 0 Å².